The van der Waals surface area contributed by atoms with Crippen LogP contribution in [0, 0.1) is 0 Å². The number of hydrogen-bond acceptors (Lipinski definition) is 3. The van der Waals surface area contributed by atoms with Crippen molar-refractivity contribution in [3.63, 3.8) is 0 Å². The van der Waals surface area contributed by atoms with Crippen molar-refractivity contribution in [2.24, 2.45) is 0 Å². The van der Waals surface area contributed by atoms with E-state index in [0.29, 0.717) is 0 Å². The number of piperazine rings is 1. The Balaban J connectivity index is 1.43. The van der Waals surface area contributed by atoms with Crippen LogP contribution in [0.3, 0.4) is 0 Å². The zero-order chi connectivity index (χ0) is 20.1. The van der Waals surface area contributed by atoms with Crippen LogP contribution in [0.4, 0.5) is 5.69 Å². The van der Waals surface area contributed by atoms with Crippen molar-refractivity contribution in [1.82, 2.24) is 4.90 Å². The number of allylic oxidation sites excluding steroid dienone is 1. The molecule has 152 valence electrons. The Kier molecular flexibility index (Phi) is 6.68. The molecule has 0 aromatic heterocycles. The average Bonchev–Trinajstić information content (AvgIpc) is 3.00. The number of benzene rings is 2. The average molecular weight is 409 g/mol. The molecule has 0 bridgehead atoms. The second-order valence-electron chi connectivity index (χ2n) is 8.12. The van der Waals surface area contributed by atoms with E-state index in [-0.39, 0.29) is 0 Å². The number of nitrogens with zero attached hydrogens (tertiary/aromatic N) is 2. The maximum Gasteiger partial charge on any atom is 0.150 e. The van der Waals surface area contributed by atoms with Gasteiger partial charge in [0.2, 0.25) is 0 Å². The topological polar surface area (TPSA) is 23.6 Å². The zero-order valence-electron chi connectivity index (χ0n) is 16.9. The van der Waals surface area contributed by atoms with Crippen molar-refractivity contribution < 1.29 is 4.79 Å². The smallest absolute Gasteiger partial charge is 0.150 e. The highest BCUT2D eigenvalue weighted by molar-refractivity contribution is 6.30. The fourth-order valence-corrected chi connectivity index (χ4v) is 4.64. The van der Waals surface area contributed by atoms with E-state index in [1.54, 1.807) is 11.1 Å². The molecule has 0 radical (unpaired) electrons. The van der Waals surface area contributed by atoms with Gasteiger partial charge in [0.15, 0.2) is 0 Å². The Labute approximate surface area is 179 Å². The molecule has 4 rings (SSSR count). The highest BCUT2D eigenvalue weighted by Crippen LogP contribution is 2.32. The Morgan fingerprint density at radius 3 is 2.21 bits per heavy atom. The largest absolute Gasteiger partial charge is 0.369 e. The molecule has 29 heavy (non-hydrogen) atoms. The standard InChI is InChI=1S/C25H29ClN2O/c26-23-10-8-21(9-11-23)25-5-3-1-2-4-22(25)18-27-14-16-28(17-15-27)24-12-6-20(19-29)7-13-24/h6-13,19H,1-5,14-18H2. The summed E-state index contributed by atoms with van der Waals surface area (Å²) >= 11 is 6.11. The van der Waals surface area contributed by atoms with Crippen molar-refractivity contribution >= 4 is 29.1 Å². The van der Waals surface area contributed by atoms with Gasteiger partial charge in [-0.3, -0.25) is 9.69 Å². The third-order valence-corrected chi connectivity index (χ3v) is 6.46. The Morgan fingerprint density at radius 1 is 0.828 bits per heavy atom. The quantitative estimate of drug-likeness (QED) is 0.593. The van der Waals surface area contributed by atoms with Gasteiger partial charge in [-0.1, -0.05) is 35.7 Å². The number of aldehydes is 1. The van der Waals surface area contributed by atoms with Crippen LogP contribution in [0.15, 0.2) is 54.1 Å². The third-order valence-electron chi connectivity index (χ3n) is 6.21. The molecule has 0 N–H and O–H groups in total. The van der Waals surface area contributed by atoms with Crippen molar-refractivity contribution in [3.8, 4) is 0 Å². The van der Waals surface area contributed by atoms with Crippen LogP contribution in [-0.4, -0.2) is 43.9 Å². The van der Waals surface area contributed by atoms with E-state index >= 15 is 0 Å². The molecule has 2 aromatic carbocycles. The van der Waals surface area contributed by atoms with E-state index in [1.165, 1.54) is 43.4 Å². The molecule has 3 nitrogen and oxygen atoms in total. The molecule has 0 saturated carbocycles. The Morgan fingerprint density at radius 2 is 1.52 bits per heavy atom. The molecule has 1 saturated heterocycles. The van der Waals surface area contributed by atoms with E-state index in [9.17, 15) is 4.79 Å². The van der Waals surface area contributed by atoms with Crippen LogP contribution in [0.2, 0.25) is 5.02 Å². The van der Waals surface area contributed by atoms with Gasteiger partial charge < -0.3 is 4.90 Å². The SMILES string of the molecule is O=Cc1ccc(N2CCN(CC3=C(c4ccc(Cl)cc4)CCCCC3)CC2)cc1. The zero-order valence-corrected chi connectivity index (χ0v) is 17.7. The summed E-state index contributed by atoms with van der Waals surface area (Å²) in [6, 6.07) is 16.3. The highest BCUT2D eigenvalue weighted by Gasteiger charge is 2.20. The van der Waals surface area contributed by atoms with Gasteiger partial charge in [-0.25, -0.2) is 0 Å². The molecular formula is C25H29ClN2O. The van der Waals surface area contributed by atoms with Crippen LogP contribution in [0.5, 0.6) is 0 Å². The normalized spacial score (nSPS) is 18.6. The van der Waals surface area contributed by atoms with Gasteiger partial charge in [0, 0.05) is 49.0 Å². The summed E-state index contributed by atoms with van der Waals surface area (Å²) in [6.07, 6.45) is 7.21. The maximum absolute atomic E-state index is 10.9. The lowest BCUT2D eigenvalue weighted by Crippen LogP contribution is -2.47. The molecule has 1 heterocycles. The molecule has 0 spiro atoms. The first-order valence-electron chi connectivity index (χ1n) is 10.7. The molecule has 2 aromatic rings. The Bertz CT molecular complexity index is 849. The van der Waals surface area contributed by atoms with Crippen LogP contribution < -0.4 is 4.90 Å². The van der Waals surface area contributed by atoms with Crippen molar-refractivity contribution in [2.75, 3.05) is 37.6 Å². The molecule has 2 aliphatic rings. The molecule has 4 heteroatoms. The van der Waals surface area contributed by atoms with E-state index in [0.717, 1.165) is 49.6 Å². The van der Waals surface area contributed by atoms with Crippen LogP contribution in [0.1, 0.15) is 48.0 Å². The summed E-state index contributed by atoms with van der Waals surface area (Å²) < 4.78 is 0. The molecule has 1 aliphatic carbocycles. The van der Waals surface area contributed by atoms with Gasteiger partial charge in [0.25, 0.3) is 0 Å². The van der Waals surface area contributed by atoms with Crippen molar-refractivity contribution in [1.29, 1.82) is 0 Å². The summed E-state index contributed by atoms with van der Waals surface area (Å²) in [4.78, 5) is 15.9. The fourth-order valence-electron chi connectivity index (χ4n) is 4.52. The lowest BCUT2D eigenvalue weighted by atomic mass is 9.95. The molecule has 0 unspecified atom stereocenters. The third kappa shape index (κ3) is 5.09. The van der Waals surface area contributed by atoms with Crippen molar-refractivity contribution in [2.45, 2.75) is 32.1 Å². The summed E-state index contributed by atoms with van der Waals surface area (Å²) in [6.45, 7) is 5.30. The summed E-state index contributed by atoms with van der Waals surface area (Å²) in [5.74, 6) is 0. The predicted molar refractivity (Wildman–Crippen MR) is 122 cm³/mol. The number of carbonyl (C=O) groups is 1. The molecule has 0 amide bonds. The second-order valence-corrected chi connectivity index (χ2v) is 8.56. The number of hydrogen-bond donors (Lipinski definition) is 0. The summed E-state index contributed by atoms with van der Waals surface area (Å²) in [5.41, 5.74) is 6.47. The number of carbonyl (C=O) groups excluding carboxylic acids is 1. The number of anilines is 1. The Hall–Kier alpha value is -2.10. The highest BCUT2D eigenvalue weighted by atomic mass is 35.5. The minimum Gasteiger partial charge on any atom is -0.369 e. The van der Waals surface area contributed by atoms with Gasteiger partial charge in [-0.2, -0.15) is 0 Å². The van der Waals surface area contributed by atoms with E-state index in [4.69, 9.17) is 11.6 Å². The minimum atomic E-state index is 0.738. The molecular weight excluding hydrogens is 380 g/mol. The van der Waals surface area contributed by atoms with E-state index in [2.05, 4.69) is 34.1 Å². The lowest BCUT2D eigenvalue weighted by Gasteiger charge is -2.37. The van der Waals surface area contributed by atoms with Crippen LogP contribution in [0.25, 0.3) is 5.57 Å². The number of halogens is 1. The molecule has 1 aliphatic heterocycles. The summed E-state index contributed by atoms with van der Waals surface area (Å²) in [7, 11) is 0. The fraction of sp³-hybridized carbons (Fsp3) is 0.400. The van der Waals surface area contributed by atoms with Crippen LogP contribution in [-0.2, 0) is 0 Å². The van der Waals surface area contributed by atoms with E-state index in [1.807, 2.05) is 24.3 Å². The van der Waals surface area contributed by atoms with Gasteiger partial charge >= 0.3 is 0 Å². The van der Waals surface area contributed by atoms with Gasteiger partial charge in [-0.15, -0.1) is 0 Å². The van der Waals surface area contributed by atoms with Gasteiger partial charge in [0.05, 0.1) is 0 Å². The molecule has 1 fully saturated rings. The maximum atomic E-state index is 10.9. The van der Waals surface area contributed by atoms with Crippen LogP contribution >= 0.6 is 11.6 Å². The lowest BCUT2D eigenvalue weighted by molar-refractivity contribution is 0.112. The summed E-state index contributed by atoms with van der Waals surface area (Å²) in [5, 5.41) is 0.807. The van der Waals surface area contributed by atoms with Gasteiger partial charge in [0.1, 0.15) is 6.29 Å². The first-order valence-corrected chi connectivity index (χ1v) is 11.1. The first kappa shape index (κ1) is 20.2. The van der Waals surface area contributed by atoms with Crippen molar-refractivity contribution in [3.05, 3.63) is 70.3 Å². The van der Waals surface area contributed by atoms with E-state index < -0.39 is 0 Å². The number of rotatable bonds is 5. The van der Waals surface area contributed by atoms with Gasteiger partial charge in [-0.05, 0) is 73.2 Å². The molecule has 0 atom stereocenters. The first-order chi connectivity index (χ1) is 14.2. The minimum absolute atomic E-state index is 0.738. The second kappa shape index (κ2) is 9.60. The predicted octanol–water partition coefficient (Wildman–Crippen LogP) is 5.69. The monoisotopic (exact) mass is 408 g/mol.